The first-order chi connectivity index (χ1) is 11.9. The molecule has 0 atom stereocenters. The van der Waals surface area contributed by atoms with Gasteiger partial charge in [0.25, 0.3) is 0 Å². The average Bonchev–Trinajstić information content (AvgIpc) is 3.38. The standard InChI is InChI=1S/C16H13F3N4O2/c17-10-6-9(7-11(18)13(10)19)21-14-12(2-1-5-20-14)23-16(25)15(24)22-8-3-4-8/h1-2,5-8H,3-4H2,(H,20,21)(H,22,24)(H,23,25). The van der Waals surface area contributed by atoms with Crippen molar-refractivity contribution in [1.29, 1.82) is 0 Å². The van der Waals surface area contributed by atoms with Crippen LogP contribution in [0.3, 0.4) is 0 Å². The van der Waals surface area contributed by atoms with Crippen LogP contribution in [0.5, 0.6) is 0 Å². The molecule has 130 valence electrons. The number of anilines is 3. The van der Waals surface area contributed by atoms with E-state index in [0.29, 0.717) is 0 Å². The number of benzene rings is 1. The number of pyridine rings is 1. The Morgan fingerprint density at radius 2 is 1.76 bits per heavy atom. The summed E-state index contributed by atoms with van der Waals surface area (Å²) < 4.78 is 39.6. The van der Waals surface area contributed by atoms with Gasteiger partial charge in [0, 0.05) is 30.1 Å². The van der Waals surface area contributed by atoms with Gasteiger partial charge in [-0.3, -0.25) is 9.59 Å². The molecule has 25 heavy (non-hydrogen) atoms. The summed E-state index contributed by atoms with van der Waals surface area (Å²) in [6, 6.07) is 4.48. The Morgan fingerprint density at radius 1 is 1.08 bits per heavy atom. The number of aromatic nitrogens is 1. The Morgan fingerprint density at radius 3 is 2.40 bits per heavy atom. The van der Waals surface area contributed by atoms with Crippen molar-refractivity contribution in [1.82, 2.24) is 10.3 Å². The van der Waals surface area contributed by atoms with Crippen LogP contribution in [0.25, 0.3) is 0 Å². The van der Waals surface area contributed by atoms with Crippen molar-refractivity contribution in [3.8, 4) is 0 Å². The van der Waals surface area contributed by atoms with Gasteiger partial charge in [-0.2, -0.15) is 0 Å². The molecule has 1 aromatic carbocycles. The summed E-state index contributed by atoms with van der Waals surface area (Å²) in [6.45, 7) is 0. The molecule has 0 unspecified atom stereocenters. The first kappa shape index (κ1) is 16.7. The van der Waals surface area contributed by atoms with Gasteiger partial charge in [0.15, 0.2) is 23.3 Å². The largest absolute Gasteiger partial charge is 0.345 e. The average molecular weight is 350 g/mol. The number of nitrogens with zero attached hydrogens (tertiary/aromatic N) is 1. The summed E-state index contributed by atoms with van der Waals surface area (Å²) in [7, 11) is 0. The molecule has 2 aromatic rings. The van der Waals surface area contributed by atoms with E-state index in [2.05, 4.69) is 20.9 Å². The number of nitrogens with one attached hydrogen (secondary N) is 3. The van der Waals surface area contributed by atoms with Gasteiger partial charge in [-0.1, -0.05) is 0 Å². The van der Waals surface area contributed by atoms with Crippen LogP contribution in [0.2, 0.25) is 0 Å². The normalized spacial score (nSPS) is 13.2. The Hall–Kier alpha value is -3.10. The second kappa shape index (κ2) is 6.80. The van der Waals surface area contributed by atoms with Gasteiger partial charge in [-0.05, 0) is 25.0 Å². The van der Waals surface area contributed by atoms with Crippen LogP contribution < -0.4 is 16.0 Å². The summed E-state index contributed by atoms with van der Waals surface area (Å²) >= 11 is 0. The molecule has 0 saturated heterocycles. The summed E-state index contributed by atoms with van der Waals surface area (Å²) in [4.78, 5) is 27.5. The Kier molecular flexibility index (Phi) is 4.55. The SMILES string of the molecule is O=C(Nc1cccnc1Nc1cc(F)c(F)c(F)c1)C(=O)NC1CC1. The predicted octanol–water partition coefficient (Wildman–Crippen LogP) is 2.46. The van der Waals surface area contributed by atoms with Crippen molar-refractivity contribution < 1.29 is 22.8 Å². The molecule has 3 rings (SSSR count). The van der Waals surface area contributed by atoms with E-state index >= 15 is 0 Å². The smallest absolute Gasteiger partial charge is 0.313 e. The number of hydrogen-bond donors (Lipinski definition) is 3. The zero-order valence-electron chi connectivity index (χ0n) is 12.8. The molecule has 0 aliphatic heterocycles. The minimum atomic E-state index is -1.59. The predicted molar refractivity (Wildman–Crippen MR) is 83.6 cm³/mol. The molecule has 0 spiro atoms. The fourth-order valence-electron chi connectivity index (χ4n) is 2.03. The monoisotopic (exact) mass is 350 g/mol. The topological polar surface area (TPSA) is 83.1 Å². The summed E-state index contributed by atoms with van der Waals surface area (Å²) in [5.41, 5.74) is 0.0246. The fourth-order valence-corrected chi connectivity index (χ4v) is 2.03. The number of carbonyl (C=O) groups excluding carboxylic acids is 2. The second-order valence-corrected chi connectivity index (χ2v) is 5.48. The number of carbonyl (C=O) groups is 2. The lowest BCUT2D eigenvalue weighted by Gasteiger charge is -2.12. The lowest BCUT2D eigenvalue weighted by Crippen LogP contribution is -2.36. The third kappa shape index (κ3) is 4.06. The van der Waals surface area contributed by atoms with Crippen LogP contribution in [0.1, 0.15) is 12.8 Å². The number of rotatable bonds is 4. The van der Waals surface area contributed by atoms with E-state index in [9.17, 15) is 22.8 Å². The molecule has 1 saturated carbocycles. The van der Waals surface area contributed by atoms with E-state index in [-0.39, 0.29) is 23.2 Å². The quantitative estimate of drug-likeness (QED) is 0.584. The van der Waals surface area contributed by atoms with Gasteiger partial charge >= 0.3 is 11.8 Å². The molecule has 1 heterocycles. The molecule has 1 aliphatic rings. The van der Waals surface area contributed by atoms with E-state index < -0.39 is 29.3 Å². The first-order valence-electron chi connectivity index (χ1n) is 7.42. The highest BCUT2D eigenvalue weighted by Crippen LogP contribution is 2.25. The highest BCUT2D eigenvalue weighted by molar-refractivity contribution is 6.40. The Balaban J connectivity index is 1.76. The van der Waals surface area contributed by atoms with E-state index in [1.807, 2.05) is 0 Å². The van der Waals surface area contributed by atoms with E-state index in [1.54, 1.807) is 0 Å². The maximum absolute atomic E-state index is 13.3. The van der Waals surface area contributed by atoms with Crippen molar-refractivity contribution in [2.45, 2.75) is 18.9 Å². The Bertz CT molecular complexity index is 817. The zero-order valence-corrected chi connectivity index (χ0v) is 12.8. The number of halogens is 3. The molecule has 3 N–H and O–H groups in total. The molecular weight excluding hydrogens is 337 g/mol. The first-order valence-corrected chi connectivity index (χ1v) is 7.42. The van der Waals surface area contributed by atoms with Crippen LogP contribution in [-0.2, 0) is 9.59 Å². The lowest BCUT2D eigenvalue weighted by molar-refractivity contribution is -0.136. The fraction of sp³-hybridized carbons (Fsp3) is 0.188. The third-order valence-electron chi connectivity index (χ3n) is 3.42. The maximum atomic E-state index is 13.3. The highest BCUT2D eigenvalue weighted by Gasteiger charge is 2.26. The van der Waals surface area contributed by atoms with Crippen LogP contribution >= 0.6 is 0 Å². The van der Waals surface area contributed by atoms with E-state index in [1.165, 1.54) is 18.3 Å². The molecule has 2 amide bonds. The second-order valence-electron chi connectivity index (χ2n) is 5.48. The van der Waals surface area contributed by atoms with Crippen molar-refractivity contribution in [3.05, 3.63) is 47.9 Å². The molecular formula is C16H13F3N4O2. The van der Waals surface area contributed by atoms with Crippen molar-refractivity contribution >= 4 is 29.0 Å². The van der Waals surface area contributed by atoms with Crippen molar-refractivity contribution in [2.75, 3.05) is 10.6 Å². The summed E-state index contributed by atoms with van der Waals surface area (Å²) in [6.07, 6.45) is 3.04. The van der Waals surface area contributed by atoms with Gasteiger partial charge < -0.3 is 16.0 Å². The van der Waals surface area contributed by atoms with Gasteiger partial charge in [0.1, 0.15) is 0 Å². The number of hydrogen-bond acceptors (Lipinski definition) is 4. The lowest BCUT2D eigenvalue weighted by atomic mass is 10.2. The van der Waals surface area contributed by atoms with Gasteiger partial charge in [-0.25, -0.2) is 18.2 Å². The van der Waals surface area contributed by atoms with Gasteiger partial charge in [0.2, 0.25) is 0 Å². The zero-order chi connectivity index (χ0) is 18.0. The number of amides is 2. The van der Waals surface area contributed by atoms with Crippen molar-refractivity contribution in [3.63, 3.8) is 0 Å². The molecule has 0 bridgehead atoms. The van der Waals surface area contributed by atoms with Crippen LogP contribution in [0.4, 0.5) is 30.4 Å². The highest BCUT2D eigenvalue weighted by atomic mass is 19.2. The van der Waals surface area contributed by atoms with Crippen LogP contribution in [0, 0.1) is 17.5 Å². The molecule has 1 aliphatic carbocycles. The molecule has 1 fully saturated rings. The summed E-state index contributed by atoms with van der Waals surface area (Å²) in [5.74, 6) is -5.95. The van der Waals surface area contributed by atoms with Crippen molar-refractivity contribution in [2.24, 2.45) is 0 Å². The van der Waals surface area contributed by atoms with E-state index in [4.69, 9.17) is 0 Å². The van der Waals surface area contributed by atoms with Crippen LogP contribution in [0.15, 0.2) is 30.5 Å². The minimum absolute atomic E-state index is 0.0231. The summed E-state index contributed by atoms with van der Waals surface area (Å²) in [5, 5.41) is 7.47. The van der Waals surface area contributed by atoms with E-state index in [0.717, 1.165) is 25.0 Å². The van der Waals surface area contributed by atoms with Gasteiger partial charge in [0.05, 0.1) is 5.69 Å². The van der Waals surface area contributed by atoms with Crippen LogP contribution in [-0.4, -0.2) is 22.8 Å². The molecule has 1 aromatic heterocycles. The maximum Gasteiger partial charge on any atom is 0.313 e. The third-order valence-corrected chi connectivity index (χ3v) is 3.42. The molecule has 9 heteroatoms. The Labute approximate surface area is 140 Å². The molecule has 6 nitrogen and oxygen atoms in total. The molecule has 0 radical (unpaired) electrons. The van der Waals surface area contributed by atoms with Gasteiger partial charge in [-0.15, -0.1) is 0 Å². The minimum Gasteiger partial charge on any atom is -0.345 e.